The second-order valence-corrected chi connectivity index (χ2v) is 3.14. The largest absolute Gasteiger partial charge is 0.465 e. The molecule has 1 aliphatic heterocycles. The van der Waals surface area contributed by atoms with Crippen molar-refractivity contribution in [3.63, 3.8) is 0 Å². The minimum Gasteiger partial charge on any atom is -0.465 e. The molecule has 0 spiro atoms. The highest BCUT2D eigenvalue weighted by atomic mass is 19.4. The zero-order valence-corrected chi connectivity index (χ0v) is 7.73. The van der Waals surface area contributed by atoms with Gasteiger partial charge in [-0.05, 0) is 19.8 Å². The number of ether oxygens (including phenoxy) is 1. The Hall–Kier alpha value is -0.780. The van der Waals surface area contributed by atoms with Gasteiger partial charge in [-0.2, -0.15) is 13.2 Å². The molecule has 0 aromatic heterocycles. The first-order valence-electron chi connectivity index (χ1n) is 4.44. The van der Waals surface area contributed by atoms with Crippen molar-refractivity contribution in [2.24, 2.45) is 0 Å². The fraction of sp³-hybridized carbons (Fsp3) is 0.875. The van der Waals surface area contributed by atoms with Crippen LogP contribution in [0, 0.1) is 0 Å². The highest BCUT2D eigenvalue weighted by Crippen LogP contribution is 2.28. The van der Waals surface area contributed by atoms with E-state index in [1.807, 2.05) is 0 Å². The van der Waals surface area contributed by atoms with Gasteiger partial charge in [-0.3, -0.25) is 10.1 Å². The maximum absolute atomic E-state index is 12.2. The molecule has 1 N–H and O–H groups in total. The van der Waals surface area contributed by atoms with Gasteiger partial charge in [-0.1, -0.05) is 0 Å². The summed E-state index contributed by atoms with van der Waals surface area (Å²) in [5.41, 5.74) is 0. The van der Waals surface area contributed by atoms with Crippen LogP contribution in [0.5, 0.6) is 0 Å². The highest BCUT2D eigenvalue weighted by molar-refractivity contribution is 5.76. The van der Waals surface area contributed by atoms with Crippen molar-refractivity contribution < 1.29 is 22.7 Å². The lowest BCUT2D eigenvalue weighted by Gasteiger charge is -2.16. The van der Waals surface area contributed by atoms with Gasteiger partial charge in [0.15, 0.2) is 0 Å². The van der Waals surface area contributed by atoms with Gasteiger partial charge >= 0.3 is 12.1 Å². The van der Waals surface area contributed by atoms with Crippen molar-refractivity contribution in [3.8, 4) is 0 Å². The van der Waals surface area contributed by atoms with Crippen LogP contribution in [0.1, 0.15) is 19.8 Å². The molecule has 82 valence electrons. The van der Waals surface area contributed by atoms with Crippen molar-refractivity contribution in [3.05, 3.63) is 0 Å². The number of nitrogens with one attached hydrogen (secondary N) is 1. The third-order valence-corrected chi connectivity index (χ3v) is 2.11. The Balaban J connectivity index is 2.45. The van der Waals surface area contributed by atoms with Gasteiger partial charge in [0.25, 0.3) is 0 Å². The summed E-state index contributed by atoms with van der Waals surface area (Å²) in [7, 11) is 0. The van der Waals surface area contributed by atoms with E-state index < -0.39 is 24.2 Å². The van der Waals surface area contributed by atoms with E-state index in [0.717, 1.165) is 0 Å². The number of esters is 1. The predicted octanol–water partition coefficient (Wildman–Crippen LogP) is 1.23. The third-order valence-electron chi connectivity index (χ3n) is 2.11. The van der Waals surface area contributed by atoms with E-state index in [-0.39, 0.29) is 19.4 Å². The molecule has 0 aromatic carbocycles. The van der Waals surface area contributed by atoms with Crippen LogP contribution in [0.2, 0.25) is 0 Å². The molecular formula is C8H12F3NO2. The Kier molecular flexibility index (Phi) is 3.36. The standard InChI is InChI=1S/C8H12F3NO2/c1-2-14-7(13)5-3-4-6(12-5)8(9,10)11/h5-6,12H,2-4H2,1H3/t5-,6+/m0/s1. The number of carbonyl (C=O) groups excluding carboxylic acids is 1. The lowest BCUT2D eigenvalue weighted by molar-refractivity contribution is -0.155. The lowest BCUT2D eigenvalue weighted by Crippen LogP contribution is -2.43. The number of rotatable bonds is 2. The SMILES string of the molecule is CCOC(=O)[C@@H]1CC[C@H](C(F)(F)F)N1. The molecule has 3 nitrogen and oxygen atoms in total. The summed E-state index contributed by atoms with van der Waals surface area (Å²) in [6.45, 7) is 1.81. The van der Waals surface area contributed by atoms with Crippen LogP contribution >= 0.6 is 0 Å². The van der Waals surface area contributed by atoms with Gasteiger partial charge in [0.1, 0.15) is 12.1 Å². The number of halogens is 3. The monoisotopic (exact) mass is 211 g/mol. The van der Waals surface area contributed by atoms with E-state index in [1.54, 1.807) is 6.92 Å². The van der Waals surface area contributed by atoms with E-state index in [4.69, 9.17) is 0 Å². The molecule has 0 amide bonds. The number of hydrogen-bond acceptors (Lipinski definition) is 3. The summed E-state index contributed by atoms with van der Waals surface area (Å²) in [5, 5.41) is 2.22. The van der Waals surface area contributed by atoms with E-state index in [2.05, 4.69) is 10.1 Å². The van der Waals surface area contributed by atoms with Crippen molar-refractivity contribution in [1.29, 1.82) is 0 Å². The number of carbonyl (C=O) groups is 1. The zero-order valence-electron chi connectivity index (χ0n) is 7.73. The second-order valence-electron chi connectivity index (χ2n) is 3.14. The quantitative estimate of drug-likeness (QED) is 0.698. The molecule has 0 aliphatic carbocycles. The lowest BCUT2D eigenvalue weighted by atomic mass is 10.2. The van der Waals surface area contributed by atoms with Crippen LogP contribution in [0.4, 0.5) is 13.2 Å². The molecule has 14 heavy (non-hydrogen) atoms. The smallest absolute Gasteiger partial charge is 0.403 e. The van der Waals surface area contributed by atoms with Gasteiger partial charge in [0.05, 0.1) is 6.61 Å². The van der Waals surface area contributed by atoms with Crippen LogP contribution in [0.15, 0.2) is 0 Å². The normalized spacial score (nSPS) is 27.7. The van der Waals surface area contributed by atoms with Gasteiger partial charge in [-0.15, -0.1) is 0 Å². The summed E-state index contributed by atoms with van der Waals surface area (Å²) in [4.78, 5) is 11.1. The predicted molar refractivity (Wildman–Crippen MR) is 42.6 cm³/mol. The van der Waals surface area contributed by atoms with Crippen LogP contribution in [0.25, 0.3) is 0 Å². The van der Waals surface area contributed by atoms with Crippen LogP contribution < -0.4 is 5.32 Å². The molecule has 0 radical (unpaired) electrons. The van der Waals surface area contributed by atoms with Gasteiger partial charge < -0.3 is 4.74 Å². The summed E-state index contributed by atoms with van der Waals surface area (Å²) in [6, 6.07) is -2.38. The Morgan fingerprint density at radius 1 is 1.50 bits per heavy atom. The van der Waals surface area contributed by atoms with Crippen molar-refractivity contribution >= 4 is 5.97 Å². The molecule has 2 atom stereocenters. The Morgan fingerprint density at radius 2 is 2.14 bits per heavy atom. The topological polar surface area (TPSA) is 38.3 Å². The third kappa shape index (κ3) is 2.60. The maximum Gasteiger partial charge on any atom is 0.403 e. The summed E-state index contributed by atoms with van der Waals surface area (Å²) in [5.74, 6) is -0.598. The van der Waals surface area contributed by atoms with Crippen LogP contribution in [-0.4, -0.2) is 30.8 Å². The van der Waals surface area contributed by atoms with Crippen molar-refractivity contribution in [1.82, 2.24) is 5.32 Å². The summed E-state index contributed by atoms with van der Waals surface area (Å²) >= 11 is 0. The fourth-order valence-electron chi connectivity index (χ4n) is 1.43. The molecule has 0 aromatic rings. The minimum absolute atomic E-state index is 0.0625. The molecule has 1 aliphatic rings. The number of hydrogen-bond donors (Lipinski definition) is 1. The van der Waals surface area contributed by atoms with E-state index in [9.17, 15) is 18.0 Å². The first-order chi connectivity index (χ1) is 6.45. The molecule has 0 unspecified atom stereocenters. The molecule has 6 heteroatoms. The number of alkyl halides is 3. The van der Waals surface area contributed by atoms with Crippen molar-refractivity contribution in [2.75, 3.05) is 6.61 Å². The van der Waals surface area contributed by atoms with E-state index in [0.29, 0.717) is 0 Å². The van der Waals surface area contributed by atoms with Gasteiger partial charge in [0.2, 0.25) is 0 Å². The van der Waals surface area contributed by atoms with Gasteiger partial charge in [-0.25, -0.2) is 0 Å². The molecule has 0 bridgehead atoms. The Labute approximate surface area is 79.6 Å². The van der Waals surface area contributed by atoms with E-state index >= 15 is 0 Å². The summed E-state index contributed by atoms with van der Waals surface area (Å²) < 4.78 is 41.1. The molecule has 0 saturated carbocycles. The minimum atomic E-state index is -4.28. The molecular weight excluding hydrogens is 199 g/mol. The van der Waals surface area contributed by atoms with Gasteiger partial charge in [0, 0.05) is 0 Å². The Bertz CT molecular complexity index is 217. The average molecular weight is 211 g/mol. The van der Waals surface area contributed by atoms with Crippen LogP contribution in [-0.2, 0) is 9.53 Å². The van der Waals surface area contributed by atoms with E-state index in [1.165, 1.54) is 0 Å². The molecule has 1 saturated heterocycles. The molecule has 1 heterocycles. The fourth-order valence-corrected chi connectivity index (χ4v) is 1.43. The first-order valence-corrected chi connectivity index (χ1v) is 4.44. The molecule has 1 rings (SSSR count). The summed E-state index contributed by atoms with van der Waals surface area (Å²) in [6.07, 6.45) is -4.16. The Morgan fingerprint density at radius 3 is 2.57 bits per heavy atom. The van der Waals surface area contributed by atoms with Crippen LogP contribution in [0.3, 0.4) is 0 Å². The average Bonchev–Trinajstić information content (AvgIpc) is 2.51. The highest BCUT2D eigenvalue weighted by Gasteiger charge is 2.45. The first kappa shape index (κ1) is 11.3. The maximum atomic E-state index is 12.2. The van der Waals surface area contributed by atoms with Crippen molar-refractivity contribution in [2.45, 2.75) is 38.0 Å². The zero-order chi connectivity index (χ0) is 10.8. The second kappa shape index (κ2) is 4.16. The molecule has 1 fully saturated rings.